The summed E-state index contributed by atoms with van der Waals surface area (Å²) >= 11 is -8.13. The Morgan fingerprint density at radius 1 is 0.366 bits per heavy atom. The summed E-state index contributed by atoms with van der Waals surface area (Å²) in [7, 11) is 1.24. The van der Waals surface area contributed by atoms with Crippen molar-refractivity contribution in [2.75, 3.05) is 133 Å². The number of oxazole rings is 1. The highest BCUT2D eigenvalue weighted by Gasteiger charge is 2.30. The molecule has 45 heteroatoms. The summed E-state index contributed by atoms with van der Waals surface area (Å²) in [4.78, 5) is 8.53. The van der Waals surface area contributed by atoms with Gasteiger partial charge in [-0.1, -0.05) is 50.7 Å². The van der Waals surface area contributed by atoms with Crippen molar-refractivity contribution in [1.29, 1.82) is 0 Å². The topological polar surface area (TPSA) is 596 Å². The first-order valence-electron chi connectivity index (χ1n) is 48.1. The maximum atomic E-state index is 12.3. The van der Waals surface area contributed by atoms with Gasteiger partial charge in [0.1, 0.15) is 5.52 Å². The number of nitrogens with zero attached hydrogens (tertiary/aromatic N) is 2. The molecule has 0 bridgehead atoms. The van der Waals surface area contributed by atoms with E-state index in [4.69, 9.17) is 58.2 Å². The second-order valence-electron chi connectivity index (χ2n) is 38.2. The number of primary sulfonamides is 1. The predicted octanol–water partition coefficient (Wildman–Crippen LogP) is 18.7. The Hall–Kier alpha value is -6.88. The summed E-state index contributed by atoms with van der Waals surface area (Å²) < 4.78 is 199. The third-order valence-corrected chi connectivity index (χ3v) is 27.6. The van der Waals surface area contributed by atoms with Crippen LogP contribution in [0.1, 0.15) is 251 Å². The van der Waals surface area contributed by atoms with E-state index >= 15 is 0 Å². The van der Waals surface area contributed by atoms with E-state index in [0.29, 0.717) is 29.5 Å². The number of benzene rings is 6. The zero-order chi connectivity index (χ0) is 111. The van der Waals surface area contributed by atoms with Crippen LogP contribution in [0.3, 0.4) is 0 Å². The number of thiazole rings is 1. The quantitative estimate of drug-likeness (QED) is 0.0125. The lowest BCUT2D eigenvalue weighted by Gasteiger charge is -2.20. The van der Waals surface area contributed by atoms with Crippen molar-refractivity contribution in [3.05, 3.63) is 150 Å². The maximum absolute atomic E-state index is 12.3. The second kappa shape index (κ2) is 79.2. The number of halogens is 3. The molecular formula is C100H170F3N15O18S9-6. The van der Waals surface area contributed by atoms with Crippen LogP contribution in [0.4, 0.5) is 41.6 Å². The molecule has 0 saturated carbocycles. The molecule has 0 aliphatic heterocycles. The van der Waals surface area contributed by atoms with E-state index in [-0.39, 0.29) is 4.90 Å². The van der Waals surface area contributed by atoms with E-state index in [1.807, 2.05) is 35.8 Å². The van der Waals surface area contributed by atoms with Crippen LogP contribution in [-0.4, -0.2) is 206 Å². The van der Waals surface area contributed by atoms with Gasteiger partial charge >= 0.3 is 6.18 Å². The number of hydrogen-bond acceptors (Lipinski definition) is 34. The summed E-state index contributed by atoms with van der Waals surface area (Å²) in [6.07, 6.45) is 18.2. The molecule has 0 aliphatic carbocycles. The Kier molecular flexibility index (Phi) is 77.7. The van der Waals surface area contributed by atoms with Crippen molar-refractivity contribution >= 4 is 159 Å². The lowest BCUT2D eigenvalue weighted by molar-refractivity contribution is -0.137. The Morgan fingerprint density at radius 2 is 0.703 bits per heavy atom. The fraction of sp³-hybridized carbons (Fsp3) is 0.600. The smallest absolute Gasteiger partial charge is 0.416 e. The molecule has 9 rings (SSSR count). The van der Waals surface area contributed by atoms with Gasteiger partial charge in [0.05, 0.1) is 47.5 Å². The number of thiophene rings is 1. The number of hydrogen-bond donors (Lipinski definition) is 13. The number of sulfonamides is 1. The van der Waals surface area contributed by atoms with Crippen LogP contribution >= 0.6 is 22.7 Å². The van der Waals surface area contributed by atoms with Crippen LogP contribution in [0, 0.1) is 0 Å². The van der Waals surface area contributed by atoms with Crippen LogP contribution in [0.15, 0.2) is 148 Å². The number of nitrogens with one attached hydrogen (secondary N) is 6. The highest BCUT2D eigenvalue weighted by molar-refractivity contribution is 7.89. The van der Waals surface area contributed by atoms with Gasteiger partial charge < -0.3 is 112 Å². The number of nitrogens with two attached hydrogens (primary N) is 7. The van der Waals surface area contributed by atoms with Crippen LogP contribution in [0.25, 0.3) is 31.4 Å². The van der Waals surface area contributed by atoms with Crippen molar-refractivity contribution < 1.29 is 92.8 Å². The van der Waals surface area contributed by atoms with Crippen molar-refractivity contribution in [3.63, 3.8) is 0 Å². The number of fused-ring (bicyclic) bond motifs is 3. The number of anilines is 5. The van der Waals surface area contributed by atoms with Crippen molar-refractivity contribution in [3.8, 4) is 17.2 Å². The molecule has 3 aromatic heterocycles. The third-order valence-electron chi connectivity index (χ3n) is 18.9. The Balaban J connectivity index is -0.00000155. The van der Waals surface area contributed by atoms with E-state index in [0.717, 1.165) is 214 Å². The fourth-order valence-corrected chi connectivity index (χ4v) is 12.1. The molecule has 0 spiro atoms. The first-order valence-corrected chi connectivity index (χ1v) is 57.9. The zero-order valence-electron chi connectivity index (χ0n) is 89.0. The van der Waals surface area contributed by atoms with E-state index in [1.165, 1.54) is 76.8 Å². The third kappa shape index (κ3) is 73.8. The number of unbranched alkanes of at least 4 members (excludes halogenated alkanes) is 12. The second-order valence-corrected chi connectivity index (χ2v) is 51.8. The lowest BCUT2D eigenvalue weighted by Crippen LogP contribution is -2.20. The fourth-order valence-electron chi connectivity index (χ4n) is 10.1. The van der Waals surface area contributed by atoms with E-state index in [1.54, 1.807) is 193 Å². The molecule has 0 fully saturated rings. The highest BCUT2D eigenvalue weighted by atomic mass is 32.2. The number of alkyl halides is 3. The molecule has 145 heavy (non-hydrogen) atoms. The van der Waals surface area contributed by atoms with Gasteiger partial charge in [-0.25, -0.2) is 23.5 Å². The predicted molar refractivity (Wildman–Crippen MR) is 599 cm³/mol. The Bertz CT molecular complexity index is 4700. The van der Waals surface area contributed by atoms with Crippen LogP contribution in [0.2, 0.25) is 0 Å². The lowest BCUT2D eigenvalue weighted by atomic mass is 10.1. The first kappa shape index (κ1) is 142. The number of methoxy groups -OCH3 is 3. The summed E-state index contributed by atoms with van der Waals surface area (Å²) in [6.45, 7) is 40.8. The summed E-state index contributed by atoms with van der Waals surface area (Å²) in [5.41, 5.74) is 42.9. The SMILES string of the molecule is CC(C)(C)S(=O)[O-].CC(C)(C)S(=O)[O-].CC(C)(C)S(=O)[O-].CC(C)(C)S(=O)[O-].CC(C)(C)S(=O)[O-].CC(C)(C)S(=O)[O-].COc1cc(NCCCCCN)cc(OC)c1OC.NCCCCCNCCc1ccc(S(N)(=O)=O)cc1.NCCCCCNc1ccc(C(F)(F)F)cc1.NCCCCCNc1ccc2ncsc2c1.NCCCCCNc1ccc2ocnc2c1.NCCCCCNc1ccc2sccc2c1. The summed E-state index contributed by atoms with van der Waals surface area (Å²) in [5, 5.41) is 28.5. The van der Waals surface area contributed by atoms with Gasteiger partial charge in [0.25, 0.3) is 0 Å². The average Bonchev–Trinajstić information content (AvgIpc) is 1.71. The first-order chi connectivity index (χ1) is 67.7. The van der Waals surface area contributed by atoms with Crippen molar-refractivity contribution in [2.45, 2.75) is 286 Å². The van der Waals surface area contributed by atoms with Crippen LogP contribution in [-0.2, 0) is 89.1 Å². The van der Waals surface area contributed by atoms with Crippen LogP contribution < -0.4 is 85.7 Å². The Labute approximate surface area is 886 Å². The molecule has 3 heterocycles. The monoisotopic (exact) mass is 2210 g/mol. The molecule has 834 valence electrons. The minimum absolute atomic E-state index is 0.158. The average molecular weight is 2220 g/mol. The minimum atomic E-state index is -4.26. The van der Waals surface area contributed by atoms with Crippen molar-refractivity contribution in [2.24, 2.45) is 39.5 Å². The van der Waals surface area contributed by atoms with Crippen LogP contribution in [0.5, 0.6) is 17.2 Å². The molecule has 0 radical (unpaired) electrons. The summed E-state index contributed by atoms with van der Waals surface area (Å²) in [6, 6.07) is 36.6. The highest BCUT2D eigenvalue weighted by Crippen LogP contribution is 2.40. The molecule has 0 aliphatic rings. The molecule has 9 aromatic rings. The Morgan fingerprint density at radius 3 is 1.06 bits per heavy atom. The van der Waals surface area contributed by atoms with E-state index in [2.05, 4.69) is 89.7 Å². The van der Waals surface area contributed by atoms with Gasteiger partial charge in [-0.05, 0) is 440 Å². The standard InChI is InChI=1S/C14H24N2O3.C13H23N3O2S.C13H18N2S.C12H17F3N2.C12H17N3O.C12H17N3S.6C4H10O2S/c1-17-12-9-11(16-8-6-4-5-7-15)10-13(18-2)14(12)19-3;14-9-2-1-3-10-16-11-8-12-4-6-13(7-5-12)19(15,17)18;14-7-2-1-3-8-15-12-4-5-13-11(10-12)6-9-16-13;13-12(14,15)10-4-6-11(7-5-10)17-9-3-1-2-8-16;13-6-2-1-3-7-14-10-4-5-12-11(8-10)15-9-16-12;13-6-2-1-3-7-14-10-4-5-11-12(8-10)16-9-15-11;6*1-4(2,3)7(5)6/h9-10,16H,4-8,15H2,1-3H3;4-7,16H,1-3,8-11,14H2,(H2,15,17,18);4-6,9-10,15H,1-3,7-8,14H2;4-7,17H,1-3,8-9,16H2;2*4-5,8-9,14H,1-3,6-7,13H2;6*1-3H3,(H,5,6)/p-6. The number of ether oxygens (including phenoxy) is 3. The van der Waals surface area contributed by atoms with E-state index in [9.17, 15) is 74.2 Å². The van der Waals surface area contributed by atoms with Gasteiger partial charge in [0, 0.05) is 106 Å². The van der Waals surface area contributed by atoms with Gasteiger partial charge in [-0.2, -0.15) is 13.2 Å². The molecule has 20 N–H and O–H groups in total. The summed E-state index contributed by atoms with van der Waals surface area (Å²) in [5.74, 6) is 1.93. The maximum Gasteiger partial charge on any atom is 0.416 e. The number of aromatic nitrogens is 2. The van der Waals surface area contributed by atoms with Crippen molar-refractivity contribution in [1.82, 2.24) is 15.3 Å². The molecule has 0 amide bonds. The van der Waals surface area contributed by atoms with Gasteiger partial charge in [-0.3, -0.25) is 25.3 Å². The molecule has 6 aromatic carbocycles. The molecule has 33 nitrogen and oxygen atoms in total. The van der Waals surface area contributed by atoms with E-state index < -0.39 is 117 Å². The molecule has 6 unspecified atom stereocenters. The normalized spacial score (nSPS) is 12.6. The molecule has 6 atom stereocenters. The van der Waals surface area contributed by atoms with Gasteiger partial charge in [-0.15, -0.1) is 22.7 Å². The largest absolute Gasteiger partial charge is 0.772 e. The van der Waals surface area contributed by atoms with Gasteiger partial charge in [0.2, 0.25) is 15.8 Å². The number of rotatable bonds is 42. The minimum Gasteiger partial charge on any atom is -0.772 e. The van der Waals surface area contributed by atoms with Gasteiger partial charge in [0.15, 0.2) is 23.5 Å². The molecular weight excluding hydrogens is 2040 g/mol. The zero-order valence-corrected chi connectivity index (χ0v) is 96.3. The molecule has 0 saturated heterocycles.